The lowest BCUT2D eigenvalue weighted by Gasteiger charge is -2.30. The number of aliphatic imine (C=N–C) groups is 1. The van der Waals surface area contributed by atoms with Crippen molar-refractivity contribution < 1.29 is 14.2 Å². The number of ether oxygens (including phenoxy) is 3. The minimum atomic E-state index is -0.346. The van der Waals surface area contributed by atoms with Gasteiger partial charge in [0.15, 0.2) is 5.79 Å². The van der Waals surface area contributed by atoms with Gasteiger partial charge < -0.3 is 14.2 Å². The van der Waals surface area contributed by atoms with Crippen molar-refractivity contribution in [2.75, 3.05) is 19.8 Å². The van der Waals surface area contributed by atoms with Crippen LogP contribution in [-0.2, 0) is 14.2 Å². The summed E-state index contributed by atoms with van der Waals surface area (Å²) in [4.78, 5) is 4.63. The van der Waals surface area contributed by atoms with E-state index in [0.29, 0.717) is 6.61 Å². The van der Waals surface area contributed by atoms with E-state index in [9.17, 15) is 0 Å². The molecule has 1 spiro atoms. The average molecular weight is 313 g/mol. The second kappa shape index (κ2) is 5.46. The van der Waals surface area contributed by atoms with Gasteiger partial charge in [0, 0.05) is 18.4 Å². The predicted octanol–water partition coefficient (Wildman–Crippen LogP) is 3.55. The van der Waals surface area contributed by atoms with Gasteiger partial charge in [-0.3, -0.25) is 0 Å². The van der Waals surface area contributed by atoms with Gasteiger partial charge in [0.2, 0.25) is 5.90 Å². The molecule has 23 heavy (non-hydrogen) atoms. The second-order valence-corrected chi connectivity index (χ2v) is 7.14. The summed E-state index contributed by atoms with van der Waals surface area (Å²) in [5.41, 5.74) is 3.57. The maximum absolute atomic E-state index is 5.77. The summed E-state index contributed by atoms with van der Waals surface area (Å²) in [6.45, 7) is 6.26. The number of rotatable bonds is 2. The molecule has 122 valence electrons. The number of hydrogen-bond donors (Lipinski definition) is 0. The lowest BCUT2D eigenvalue weighted by molar-refractivity contribution is -0.159. The SMILES string of the molecule is CC1(C)COC(c2ccc(C3=CCC4(CC3)OCCO4)cc2)=N1. The number of benzene rings is 1. The van der Waals surface area contributed by atoms with Crippen molar-refractivity contribution in [3.8, 4) is 0 Å². The fourth-order valence-electron chi connectivity index (χ4n) is 3.39. The smallest absolute Gasteiger partial charge is 0.216 e. The Balaban J connectivity index is 1.50. The maximum atomic E-state index is 5.77. The molecule has 0 atom stereocenters. The molecule has 2 heterocycles. The van der Waals surface area contributed by atoms with Crippen LogP contribution in [0.15, 0.2) is 35.3 Å². The highest BCUT2D eigenvalue weighted by Crippen LogP contribution is 2.38. The second-order valence-electron chi connectivity index (χ2n) is 7.14. The molecule has 4 nitrogen and oxygen atoms in total. The van der Waals surface area contributed by atoms with Crippen molar-refractivity contribution in [2.45, 2.75) is 44.4 Å². The highest BCUT2D eigenvalue weighted by molar-refractivity contribution is 5.95. The summed E-state index contributed by atoms with van der Waals surface area (Å²) in [6.07, 6.45) is 5.03. The zero-order valence-electron chi connectivity index (χ0n) is 13.8. The van der Waals surface area contributed by atoms with Gasteiger partial charge in [0.1, 0.15) is 6.61 Å². The van der Waals surface area contributed by atoms with E-state index in [1.165, 1.54) is 11.1 Å². The Morgan fingerprint density at radius 1 is 1.00 bits per heavy atom. The molecule has 0 bridgehead atoms. The molecule has 1 fully saturated rings. The normalized spacial score (nSPS) is 25.1. The molecule has 1 saturated heterocycles. The average Bonchev–Trinajstić information content (AvgIpc) is 3.15. The van der Waals surface area contributed by atoms with Gasteiger partial charge in [-0.15, -0.1) is 0 Å². The molecular formula is C19H23NO3. The van der Waals surface area contributed by atoms with E-state index in [1.54, 1.807) is 0 Å². The molecule has 3 aliphatic rings. The topological polar surface area (TPSA) is 40.0 Å². The Kier molecular flexibility index (Phi) is 3.54. The largest absolute Gasteiger partial charge is 0.475 e. The predicted molar refractivity (Wildman–Crippen MR) is 89.5 cm³/mol. The van der Waals surface area contributed by atoms with E-state index < -0.39 is 0 Å². The molecule has 4 rings (SSSR count). The van der Waals surface area contributed by atoms with Crippen LogP contribution in [0.3, 0.4) is 0 Å². The lowest BCUT2D eigenvalue weighted by Crippen LogP contribution is -2.31. The third kappa shape index (κ3) is 2.93. The van der Waals surface area contributed by atoms with Crippen molar-refractivity contribution >= 4 is 11.5 Å². The highest BCUT2D eigenvalue weighted by Gasteiger charge is 2.37. The summed E-state index contributed by atoms with van der Waals surface area (Å²) in [5, 5.41) is 0. The molecule has 1 aromatic rings. The first-order valence-corrected chi connectivity index (χ1v) is 8.36. The molecule has 1 aliphatic carbocycles. The van der Waals surface area contributed by atoms with Gasteiger partial charge in [-0.1, -0.05) is 18.2 Å². The van der Waals surface area contributed by atoms with E-state index in [-0.39, 0.29) is 11.3 Å². The lowest BCUT2D eigenvalue weighted by atomic mass is 9.89. The summed E-state index contributed by atoms with van der Waals surface area (Å²) in [7, 11) is 0. The van der Waals surface area contributed by atoms with Gasteiger partial charge in [-0.2, -0.15) is 0 Å². The summed E-state index contributed by atoms with van der Waals surface area (Å²) >= 11 is 0. The minimum absolute atomic E-state index is 0.116. The maximum Gasteiger partial charge on any atom is 0.216 e. The molecule has 0 unspecified atom stereocenters. The monoisotopic (exact) mass is 313 g/mol. The van der Waals surface area contributed by atoms with Crippen LogP contribution in [0.5, 0.6) is 0 Å². The molecule has 0 aromatic heterocycles. The Hall–Kier alpha value is -1.65. The van der Waals surface area contributed by atoms with E-state index in [4.69, 9.17) is 14.2 Å². The first-order chi connectivity index (χ1) is 11.1. The van der Waals surface area contributed by atoms with Crippen molar-refractivity contribution in [2.24, 2.45) is 4.99 Å². The highest BCUT2D eigenvalue weighted by atomic mass is 16.7. The van der Waals surface area contributed by atoms with Crippen molar-refractivity contribution in [1.29, 1.82) is 0 Å². The fourth-order valence-corrected chi connectivity index (χ4v) is 3.39. The Bertz CT molecular complexity index is 652. The number of hydrogen-bond acceptors (Lipinski definition) is 4. The van der Waals surface area contributed by atoms with E-state index in [0.717, 1.165) is 43.9 Å². The molecule has 0 amide bonds. The first-order valence-electron chi connectivity index (χ1n) is 8.36. The molecular weight excluding hydrogens is 290 g/mol. The van der Waals surface area contributed by atoms with Crippen LogP contribution in [-0.4, -0.2) is 37.0 Å². The van der Waals surface area contributed by atoms with E-state index in [1.807, 2.05) is 0 Å². The zero-order chi connectivity index (χ0) is 15.9. The molecule has 0 saturated carbocycles. The molecule has 0 N–H and O–H groups in total. The van der Waals surface area contributed by atoms with E-state index in [2.05, 4.69) is 49.2 Å². The van der Waals surface area contributed by atoms with Gasteiger partial charge in [0.05, 0.1) is 18.8 Å². The van der Waals surface area contributed by atoms with Crippen molar-refractivity contribution in [3.05, 3.63) is 41.5 Å². The van der Waals surface area contributed by atoms with Gasteiger partial charge in [-0.05, 0) is 43.5 Å². The third-order valence-electron chi connectivity index (χ3n) is 4.72. The molecule has 1 aromatic carbocycles. The molecule has 0 radical (unpaired) electrons. The molecule has 4 heteroatoms. The molecule has 2 aliphatic heterocycles. The number of allylic oxidation sites excluding steroid dienone is 1. The first kappa shape index (κ1) is 14.9. The zero-order valence-corrected chi connectivity index (χ0v) is 13.8. The van der Waals surface area contributed by atoms with Crippen molar-refractivity contribution in [1.82, 2.24) is 0 Å². The summed E-state index contributed by atoms with van der Waals surface area (Å²) < 4.78 is 17.3. The minimum Gasteiger partial charge on any atom is -0.475 e. The Morgan fingerprint density at radius 3 is 2.26 bits per heavy atom. The fraction of sp³-hybridized carbons (Fsp3) is 0.526. The van der Waals surface area contributed by atoms with E-state index >= 15 is 0 Å². The standard InChI is InChI=1S/C19H23NO3/c1-18(2)13-21-17(20-18)16-5-3-14(4-6-16)15-7-9-19(10-8-15)22-11-12-23-19/h3-7H,8-13H2,1-2H3. The summed E-state index contributed by atoms with van der Waals surface area (Å²) in [5.74, 6) is 0.410. The van der Waals surface area contributed by atoms with Crippen LogP contribution >= 0.6 is 0 Å². The number of nitrogens with zero attached hydrogens (tertiary/aromatic N) is 1. The van der Waals surface area contributed by atoms with Crippen LogP contribution in [0, 0.1) is 0 Å². The van der Waals surface area contributed by atoms with Crippen LogP contribution in [0.1, 0.15) is 44.2 Å². The van der Waals surface area contributed by atoms with Gasteiger partial charge >= 0.3 is 0 Å². The Morgan fingerprint density at radius 2 is 1.70 bits per heavy atom. The quantitative estimate of drug-likeness (QED) is 0.838. The van der Waals surface area contributed by atoms with Crippen molar-refractivity contribution in [3.63, 3.8) is 0 Å². The van der Waals surface area contributed by atoms with Gasteiger partial charge in [-0.25, -0.2) is 4.99 Å². The van der Waals surface area contributed by atoms with Gasteiger partial charge in [0.25, 0.3) is 0 Å². The van der Waals surface area contributed by atoms with Crippen LogP contribution in [0.25, 0.3) is 5.57 Å². The Labute approximate surface area is 137 Å². The third-order valence-corrected chi connectivity index (χ3v) is 4.72. The van der Waals surface area contributed by atoms with Crippen LogP contribution in [0.2, 0.25) is 0 Å². The van der Waals surface area contributed by atoms with Crippen LogP contribution in [0.4, 0.5) is 0 Å². The van der Waals surface area contributed by atoms with Crippen LogP contribution < -0.4 is 0 Å². The summed E-state index contributed by atoms with van der Waals surface area (Å²) in [6, 6.07) is 8.52.